The van der Waals surface area contributed by atoms with E-state index in [1.54, 1.807) is 11.8 Å². The average molecular weight is 341 g/mol. The van der Waals surface area contributed by atoms with E-state index in [2.05, 4.69) is 9.97 Å². The Morgan fingerprint density at radius 1 is 1.39 bits per heavy atom. The van der Waals surface area contributed by atoms with E-state index in [-0.39, 0.29) is 17.0 Å². The number of carbonyl (C=O) groups is 1. The number of nitrogens with zero attached hydrogens (tertiary/aromatic N) is 3. The van der Waals surface area contributed by atoms with Gasteiger partial charge in [-0.3, -0.25) is 0 Å². The van der Waals surface area contributed by atoms with E-state index >= 15 is 0 Å². The molecule has 0 atom stereocenters. The Hall–Kier alpha value is -1.70. The van der Waals surface area contributed by atoms with Crippen molar-refractivity contribution in [3.05, 3.63) is 17.5 Å². The van der Waals surface area contributed by atoms with Crippen LogP contribution in [0.2, 0.25) is 0 Å². The SMILES string of the molecule is CCS(=O)(=O)c1ncc2c(n1)CCCN(C(=O)OC(C)(C)C)C2. The van der Waals surface area contributed by atoms with Crippen LogP contribution in [0.5, 0.6) is 0 Å². The van der Waals surface area contributed by atoms with E-state index in [4.69, 9.17) is 4.74 Å². The van der Waals surface area contributed by atoms with Crippen molar-refractivity contribution in [3.63, 3.8) is 0 Å². The first kappa shape index (κ1) is 17.7. The van der Waals surface area contributed by atoms with Crippen molar-refractivity contribution in [1.29, 1.82) is 0 Å². The lowest BCUT2D eigenvalue weighted by Crippen LogP contribution is -2.36. The van der Waals surface area contributed by atoms with Gasteiger partial charge >= 0.3 is 6.09 Å². The summed E-state index contributed by atoms with van der Waals surface area (Å²) in [5.74, 6) is -0.0319. The minimum atomic E-state index is -3.42. The molecule has 0 aromatic carbocycles. The van der Waals surface area contributed by atoms with Crippen molar-refractivity contribution < 1.29 is 17.9 Å². The van der Waals surface area contributed by atoms with Gasteiger partial charge in [-0.2, -0.15) is 0 Å². The highest BCUT2D eigenvalue weighted by atomic mass is 32.2. The predicted molar refractivity (Wildman–Crippen MR) is 84.7 cm³/mol. The van der Waals surface area contributed by atoms with Crippen LogP contribution in [-0.4, -0.2) is 47.3 Å². The maximum Gasteiger partial charge on any atom is 0.410 e. The van der Waals surface area contributed by atoms with Gasteiger partial charge in [0.1, 0.15) is 5.60 Å². The molecule has 0 radical (unpaired) electrons. The van der Waals surface area contributed by atoms with Crippen LogP contribution in [0.1, 0.15) is 45.4 Å². The summed E-state index contributed by atoms with van der Waals surface area (Å²) < 4.78 is 29.2. The molecular formula is C15H23N3O4S. The van der Waals surface area contributed by atoms with Gasteiger partial charge in [-0.15, -0.1) is 0 Å². The molecule has 0 unspecified atom stereocenters. The number of hydrogen-bond acceptors (Lipinski definition) is 6. The molecule has 0 spiro atoms. The van der Waals surface area contributed by atoms with Crippen LogP contribution >= 0.6 is 0 Å². The molecule has 1 aliphatic heterocycles. The molecule has 7 nitrogen and oxygen atoms in total. The summed E-state index contributed by atoms with van der Waals surface area (Å²) in [6.07, 6.45) is 2.45. The molecule has 0 bridgehead atoms. The predicted octanol–water partition coefficient (Wildman–Crippen LogP) is 1.95. The molecule has 1 aromatic rings. The fraction of sp³-hybridized carbons (Fsp3) is 0.667. The molecule has 2 rings (SSSR count). The number of sulfone groups is 1. The van der Waals surface area contributed by atoms with E-state index in [0.29, 0.717) is 31.6 Å². The van der Waals surface area contributed by atoms with Crippen LogP contribution in [0.4, 0.5) is 4.79 Å². The third kappa shape index (κ3) is 4.40. The number of ether oxygens (including phenoxy) is 1. The minimum Gasteiger partial charge on any atom is -0.444 e. The summed E-state index contributed by atoms with van der Waals surface area (Å²) in [6, 6.07) is 0. The standard InChI is InChI=1S/C15H23N3O4S/c1-5-23(20,21)13-16-9-11-10-18(8-6-7-12(11)17-13)14(19)22-15(2,3)4/h9H,5-8,10H2,1-4H3. The second-order valence-electron chi connectivity index (χ2n) is 6.53. The lowest BCUT2D eigenvalue weighted by Gasteiger charge is -2.26. The highest BCUT2D eigenvalue weighted by Gasteiger charge is 2.26. The van der Waals surface area contributed by atoms with Gasteiger partial charge in [0.05, 0.1) is 18.0 Å². The lowest BCUT2D eigenvalue weighted by atomic mass is 10.2. The zero-order valence-corrected chi connectivity index (χ0v) is 14.8. The molecule has 0 N–H and O–H groups in total. The van der Waals surface area contributed by atoms with Crippen LogP contribution in [0.25, 0.3) is 0 Å². The summed E-state index contributed by atoms with van der Waals surface area (Å²) in [6.45, 7) is 7.90. The molecule has 1 aliphatic rings. The molecule has 0 saturated carbocycles. The molecule has 2 heterocycles. The van der Waals surface area contributed by atoms with Gasteiger partial charge in [0.25, 0.3) is 0 Å². The molecule has 128 valence electrons. The van der Waals surface area contributed by atoms with Crippen molar-refractivity contribution in [3.8, 4) is 0 Å². The Balaban J connectivity index is 2.23. The van der Waals surface area contributed by atoms with Gasteiger partial charge in [0, 0.05) is 18.3 Å². The minimum absolute atomic E-state index is 0.0319. The van der Waals surface area contributed by atoms with Crippen LogP contribution in [0.15, 0.2) is 11.4 Å². The maximum absolute atomic E-state index is 12.2. The van der Waals surface area contributed by atoms with Gasteiger partial charge < -0.3 is 9.64 Å². The Bertz CT molecular complexity index is 695. The summed E-state index contributed by atoms with van der Waals surface area (Å²) in [5.41, 5.74) is 0.906. The zero-order chi connectivity index (χ0) is 17.3. The normalized spacial score (nSPS) is 15.7. The Morgan fingerprint density at radius 2 is 2.09 bits per heavy atom. The number of aromatic nitrogens is 2. The van der Waals surface area contributed by atoms with E-state index < -0.39 is 15.4 Å². The van der Waals surface area contributed by atoms with Crippen LogP contribution < -0.4 is 0 Å². The fourth-order valence-corrected chi connectivity index (χ4v) is 2.98. The second kappa shape index (κ2) is 6.43. The van der Waals surface area contributed by atoms with Crippen molar-refractivity contribution in [2.24, 2.45) is 0 Å². The third-order valence-electron chi connectivity index (χ3n) is 3.44. The van der Waals surface area contributed by atoms with Gasteiger partial charge in [0.15, 0.2) is 0 Å². The van der Waals surface area contributed by atoms with Crippen LogP contribution in [0, 0.1) is 0 Å². The van der Waals surface area contributed by atoms with Gasteiger partial charge in [-0.1, -0.05) is 6.92 Å². The maximum atomic E-state index is 12.2. The molecule has 23 heavy (non-hydrogen) atoms. The van der Waals surface area contributed by atoms with Gasteiger partial charge in [-0.25, -0.2) is 23.2 Å². The van der Waals surface area contributed by atoms with E-state index in [9.17, 15) is 13.2 Å². The smallest absolute Gasteiger partial charge is 0.410 e. The Labute approximate surface area is 137 Å². The van der Waals surface area contributed by atoms with Crippen molar-refractivity contribution in [2.45, 2.75) is 57.8 Å². The first-order valence-electron chi connectivity index (χ1n) is 7.68. The summed E-state index contributed by atoms with van der Waals surface area (Å²) >= 11 is 0. The quantitative estimate of drug-likeness (QED) is 0.764. The molecule has 0 fully saturated rings. The number of rotatable bonds is 2. The van der Waals surface area contributed by atoms with Crippen LogP contribution in [0.3, 0.4) is 0 Å². The largest absolute Gasteiger partial charge is 0.444 e. The first-order valence-corrected chi connectivity index (χ1v) is 9.33. The molecule has 1 amide bonds. The average Bonchev–Trinajstić information content (AvgIpc) is 2.66. The summed E-state index contributed by atoms with van der Waals surface area (Å²) in [7, 11) is -3.42. The topological polar surface area (TPSA) is 89.5 Å². The van der Waals surface area contributed by atoms with Crippen molar-refractivity contribution >= 4 is 15.9 Å². The number of fused-ring (bicyclic) bond motifs is 1. The Morgan fingerprint density at radius 3 is 2.70 bits per heavy atom. The van der Waals surface area contributed by atoms with Crippen LogP contribution in [-0.2, 0) is 27.5 Å². The highest BCUT2D eigenvalue weighted by Crippen LogP contribution is 2.20. The van der Waals surface area contributed by atoms with Gasteiger partial charge in [0.2, 0.25) is 15.0 Å². The van der Waals surface area contributed by atoms with Crippen molar-refractivity contribution in [2.75, 3.05) is 12.3 Å². The monoisotopic (exact) mass is 341 g/mol. The molecule has 8 heteroatoms. The highest BCUT2D eigenvalue weighted by molar-refractivity contribution is 7.91. The molecule has 0 saturated heterocycles. The van der Waals surface area contributed by atoms with Crippen molar-refractivity contribution in [1.82, 2.24) is 14.9 Å². The molecule has 1 aromatic heterocycles. The number of amides is 1. The van der Waals surface area contributed by atoms with E-state index in [1.807, 2.05) is 20.8 Å². The fourth-order valence-electron chi connectivity index (χ4n) is 2.26. The lowest BCUT2D eigenvalue weighted by molar-refractivity contribution is 0.0236. The Kier molecular flexibility index (Phi) is 4.93. The zero-order valence-electron chi connectivity index (χ0n) is 14.0. The van der Waals surface area contributed by atoms with Gasteiger partial charge in [-0.05, 0) is 33.6 Å². The first-order chi connectivity index (χ1) is 10.6. The third-order valence-corrected chi connectivity index (χ3v) is 4.96. The second-order valence-corrected chi connectivity index (χ2v) is 8.71. The molecule has 0 aliphatic carbocycles. The summed E-state index contributed by atoms with van der Waals surface area (Å²) in [5, 5.41) is -0.135. The number of carbonyl (C=O) groups excluding carboxylic acids is 1. The van der Waals surface area contributed by atoms with E-state index in [0.717, 1.165) is 5.56 Å². The summed E-state index contributed by atoms with van der Waals surface area (Å²) in [4.78, 5) is 22.0. The van der Waals surface area contributed by atoms with E-state index in [1.165, 1.54) is 6.20 Å². The number of aryl methyl sites for hydroxylation is 1. The number of hydrogen-bond donors (Lipinski definition) is 0. The molecular weight excluding hydrogens is 318 g/mol.